The van der Waals surface area contributed by atoms with Gasteiger partial charge in [0.05, 0.1) is 12.8 Å². The molecular formula is C21H21BrN2O2. The minimum absolute atomic E-state index is 0.0720. The average Bonchev–Trinajstić information content (AvgIpc) is 3.16. The van der Waals surface area contributed by atoms with E-state index in [4.69, 9.17) is 4.42 Å². The van der Waals surface area contributed by atoms with Crippen LogP contribution in [0.3, 0.4) is 0 Å². The number of halogens is 1. The lowest BCUT2D eigenvalue weighted by Crippen LogP contribution is -2.22. The molecule has 0 bridgehead atoms. The Morgan fingerprint density at radius 3 is 2.42 bits per heavy atom. The summed E-state index contributed by atoms with van der Waals surface area (Å²) in [5.41, 5.74) is 3.04. The van der Waals surface area contributed by atoms with Crippen molar-refractivity contribution >= 4 is 21.8 Å². The molecule has 134 valence electrons. The van der Waals surface area contributed by atoms with E-state index in [1.165, 1.54) is 5.56 Å². The lowest BCUT2D eigenvalue weighted by atomic mass is 10.1. The molecule has 0 saturated heterocycles. The number of benzene rings is 2. The largest absolute Gasteiger partial charge is 0.468 e. The quantitative estimate of drug-likeness (QED) is 0.616. The Kier molecular flexibility index (Phi) is 6.26. The Morgan fingerprint density at radius 1 is 1.00 bits per heavy atom. The highest BCUT2D eigenvalue weighted by Crippen LogP contribution is 2.21. The van der Waals surface area contributed by atoms with Gasteiger partial charge in [-0.25, -0.2) is 0 Å². The second-order valence-corrected chi connectivity index (χ2v) is 6.95. The second kappa shape index (κ2) is 8.83. The van der Waals surface area contributed by atoms with Crippen molar-refractivity contribution in [3.05, 3.63) is 93.9 Å². The maximum absolute atomic E-state index is 11.7. The van der Waals surface area contributed by atoms with E-state index in [-0.39, 0.29) is 5.91 Å². The molecule has 1 N–H and O–H groups in total. The number of nitrogens with one attached hydrogen (secondary N) is 1. The minimum Gasteiger partial charge on any atom is -0.468 e. The van der Waals surface area contributed by atoms with Gasteiger partial charge in [-0.3, -0.25) is 9.69 Å². The Morgan fingerprint density at radius 2 is 1.77 bits per heavy atom. The first-order valence-electron chi connectivity index (χ1n) is 8.45. The monoisotopic (exact) mass is 412 g/mol. The number of hydrogen-bond donors (Lipinski definition) is 1. The Labute approximate surface area is 162 Å². The molecule has 0 aliphatic rings. The van der Waals surface area contributed by atoms with Crippen molar-refractivity contribution in [1.29, 1.82) is 0 Å². The van der Waals surface area contributed by atoms with Crippen molar-refractivity contribution in [2.75, 3.05) is 7.05 Å². The van der Waals surface area contributed by atoms with E-state index in [2.05, 4.69) is 38.3 Å². The molecule has 26 heavy (non-hydrogen) atoms. The van der Waals surface area contributed by atoms with Crippen LogP contribution in [0.1, 0.15) is 27.2 Å². The zero-order valence-corrected chi connectivity index (χ0v) is 16.2. The summed E-state index contributed by atoms with van der Waals surface area (Å²) in [7, 11) is 1.64. The number of amides is 1. The maximum Gasteiger partial charge on any atom is 0.251 e. The third kappa shape index (κ3) is 4.84. The molecule has 5 heteroatoms. The summed E-state index contributed by atoms with van der Waals surface area (Å²) in [4.78, 5) is 14.0. The van der Waals surface area contributed by atoms with Crippen molar-refractivity contribution in [3.8, 4) is 0 Å². The molecule has 0 saturated carbocycles. The molecule has 1 heterocycles. The van der Waals surface area contributed by atoms with Gasteiger partial charge < -0.3 is 9.73 Å². The van der Waals surface area contributed by atoms with Gasteiger partial charge in [-0.2, -0.15) is 0 Å². The van der Waals surface area contributed by atoms with Crippen LogP contribution in [-0.2, 0) is 19.6 Å². The van der Waals surface area contributed by atoms with E-state index >= 15 is 0 Å². The molecular weight excluding hydrogens is 392 g/mol. The molecule has 0 spiro atoms. The predicted molar refractivity (Wildman–Crippen MR) is 106 cm³/mol. The molecule has 2 aromatic carbocycles. The van der Waals surface area contributed by atoms with Crippen LogP contribution in [0.2, 0.25) is 0 Å². The van der Waals surface area contributed by atoms with Crippen LogP contribution in [0.4, 0.5) is 0 Å². The summed E-state index contributed by atoms with van der Waals surface area (Å²) in [5.74, 6) is 0.858. The van der Waals surface area contributed by atoms with Gasteiger partial charge in [0.15, 0.2) is 0 Å². The molecule has 0 aliphatic heterocycles. The van der Waals surface area contributed by atoms with Crippen LogP contribution in [0.15, 0.2) is 75.8 Å². The van der Waals surface area contributed by atoms with Gasteiger partial charge >= 0.3 is 0 Å². The van der Waals surface area contributed by atoms with Gasteiger partial charge in [0.25, 0.3) is 5.91 Å². The van der Waals surface area contributed by atoms with Crippen LogP contribution in [0.25, 0.3) is 0 Å². The first kappa shape index (κ1) is 18.4. The number of rotatable bonds is 7. The third-order valence-corrected chi connectivity index (χ3v) is 4.93. The summed E-state index contributed by atoms with van der Waals surface area (Å²) in [6, 6.07) is 19.8. The van der Waals surface area contributed by atoms with Gasteiger partial charge in [0.2, 0.25) is 0 Å². The van der Waals surface area contributed by atoms with Crippen molar-refractivity contribution in [1.82, 2.24) is 10.2 Å². The van der Waals surface area contributed by atoms with Crippen LogP contribution in [-0.4, -0.2) is 17.9 Å². The first-order valence-corrected chi connectivity index (χ1v) is 9.24. The topological polar surface area (TPSA) is 45.5 Å². The summed E-state index contributed by atoms with van der Waals surface area (Å²) < 4.78 is 6.63. The van der Waals surface area contributed by atoms with Crippen LogP contribution >= 0.6 is 15.9 Å². The summed E-state index contributed by atoms with van der Waals surface area (Å²) >= 11 is 3.63. The van der Waals surface area contributed by atoms with Crippen LogP contribution in [0, 0.1) is 0 Å². The zero-order valence-electron chi connectivity index (χ0n) is 14.6. The Bertz CT molecular complexity index is 845. The summed E-state index contributed by atoms with van der Waals surface area (Å²) in [6.45, 7) is 2.26. The highest BCUT2D eigenvalue weighted by molar-refractivity contribution is 9.10. The van der Waals surface area contributed by atoms with E-state index in [1.807, 2.05) is 48.5 Å². The maximum atomic E-state index is 11.7. The number of nitrogens with zero attached hydrogens (tertiary/aromatic N) is 1. The number of carbonyl (C=O) groups is 1. The van der Waals surface area contributed by atoms with Crippen molar-refractivity contribution in [2.45, 2.75) is 19.6 Å². The second-order valence-electron chi connectivity index (χ2n) is 6.09. The fourth-order valence-electron chi connectivity index (χ4n) is 2.82. The van der Waals surface area contributed by atoms with Gasteiger partial charge in [-0.1, -0.05) is 46.3 Å². The van der Waals surface area contributed by atoms with E-state index < -0.39 is 0 Å². The van der Waals surface area contributed by atoms with Gasteiger partial charge in [0.1, 0.15) is 5.76 Å². The molecule has 0 fully saturated rings. The first-order chi connectivity index (χ1) is 12.7. The zero-order chi connectivity index (χ0) is 18.4. The highest BCUT2D eigenvalue weighted by Gasteiger charge is 2.12. The lowest BCUT2D eigenvalue weighted by Gasteiger charge is -2.22. The normalized spacial score (nSPS) is 10.9. The van der Waals surface area contributed by atoms with E-state index in [9.17, 15) is 4.79 Å². The number of furan rings is 1. The summed E-state index contributed by atoms with van der Waals surface area (Å²) in [5, 5.41) is 2.64. The molecule has 3 aromatic rings. The fourth-order valence-corrected chi connectivity index (χ4v) is 3.23. The Hall–Kier alpha value is -2.37. The van der Waals surface area contributed by atoms with Gasteiger partial charge in [-0.05, 0) is 41.5 Å². The number of hydrogen-bond acceptors (Lipinski definition) is 3. The molecule has 3 rings (SSSR count). The Balaban J connectivity index is 1.76. The smallest absolute Gasteiger partial charge is 0.251 e. The predicted octanol–water partition coefficient (Wildman–Crippen LogP) is 4.60. The van der Waals surface area contributed by atoms with Crippen molar-refractivity contribution < 1.29 is 9.21 Å². The van der Waals surface area contributed by atoms with Crippen molar-refractivity contribution in [3.63, 3.8) is 0 Å². The minimum atomic E-state index is -0.0720. The van der Waals surface area contributed by atoms with Crippen LogP contribution < -0.4 is 5.32 Å². The van der Waals surface area contributed by atoms with Crippen LogP contribution in [0.5, 0.6) is 0 Å². The van der Waals surface area contributed by atoms with Crippen molar-refractivity contribution in [2.24, 2.45) is 0 Å². The number of carbonyl (C=O) groups excluding carboxylic acids is 1. The molecule has 1 aromatic heterocycles. The summed E-state index contributed by atoms with van der Waals surface area (Å²) in [6.07, 6.45) is 1.70. The molecule has 0 unspecified atom stereocenters. The molecule has 1 amide bonds. The fraction of sp³-hybridized carbons (Fsp3) is 0.190. The molecule has 0 aliphatic carbocycles. The average molecular weight is 413 g/mol. The molecule has 0 atom stereocenters. The van der Waals surface area contributed by atoms with Gasteiger partial charge in [-0.15, -0.1) is 0 Å². The molecule has 0 radical (unpaired) electrons. The highest BCUT2D eigenvalue weighted by atomic mass is 79.9. The lowest BCUT2D eigenvalue weighted by molar-refractivity contribution is 0.0963. The van der Waals surface area contributed by atoms with E-state index in [0.717, 1.165) is 28.9 Å². The SMILES string of the molecule is CNC(=O)c1ccc(CN(Cc2ccco2)Cc2ccccc2Br)cc1. The molecule has 4 nitrogen and oxygen atoms in total. The van der Waals surface area contributed by atoms with E-state index in [1.54, 1.807) is 13.3 Å². The van der Waals surface area contributed by atoms with Gasteiger partial charge in [0, 0.05) is 30.2 Å². The third-order valence-electron chi connectivity index (χ3n) is 4.16. The standard InChI is InChI=1S/C21H21BrN2O2/c1-23-21(25)17-10-8-16(9-11-17)13-24(15-19-6-4-12-26-19)14-18-5-2-3-7-20(18)22/h2-12H,13-15H2,1H3,(H,23,25). The van der Waals surface area contributed by atoms with E-state index in [0.29, 0.717) is 12.1 Å².